The zero-order chi connectivity index (χ0) is 10.4. The number of aromatic nitrogens is 1. The van der Waals surface area contributed by atoms with Crippen LogP contribution in [-0.4, -0.2) is 24.5 Å². The first-order valence-corrected chi connectivity index (χ1v) is 4.55. The van der Waals surface area contributed by atoms with E-state index in [-0.39, 0.29) is 5.91 Å². The minimum Gasteiger partial charge on any atom is -0.351 e. The van der Waals surface area contributed by atoms with E-state index in [2.05, 4.69) is 15.6 Å². The number of carbonyl (C=O) groups excluding carboxylic acids is 1. The Bertz CT molecular complexity index is 295. The van der Waals surface area contributed by atoms with Gasteiger partial charge in [-0.25, -0.2) is 0 Å². The largest absolute Gasteiger partial charge is 0.351 e. The summed E-state index contributed by atoms with van der Waals surface area (Å²) in [6.07, 6.45) is 1.77. The molecule has 14 heavy (non-hydrogen) atoms. The highest BCUT2D eigenvalue weighted by Crippen LogP contribution is 1.97. The van der Waals surface area contributed by atoms with Crippen molar-refractivity contribution in [3.63, 3.8) is 0 Å². The highest BCUT2D eigenvalue weighted by Gasteiger charge is 1.98. The Morgan fingerprint density at radius 2 is 2.29 bits per heavy atom. The first-order chi connectivity index (χ1) is 6.72. The van der Waals surface area contributed by atoms with E-state index in [1.807, 2.05) is 19.1 Å². The van der Waals surface area contributed by atoms with Crippen LogP contribution in [0.1, 0.15) is 11.3 Å². The summed E-state index contributed by atoms with van der Waals surface area (Å²) in [4.78, 5) is 15.2. The Labute approximate surface area is 83.7 Å². The summed E-state index contributed by atoms with van der Waals surface area (Å²) in [6.45, 7) is 2.82. The van der Waals surface area contributed by atoms with Gasteiger partial charge in [0.05, 0.1) is 6.54 Å². The predicted molar refractivity (Wildman–Crippen MR) is 54.7 cm³/mol. The van der Waals surface area contributed by atoms with Crippen LogP contribution in [0.15, 0.2) is 18.3 Å². The zero-order valence-corrected chi connectivity index (χ0v) is 8.50. The molecule has 4 nitrogen and oxygen atoms in total. The molecule has 1 aromatic rings. The van der Waals surface area contributed by atoms with Gasteiger partial charge in [0.15, 0.2) is 0 Å². The Morgan fingerprint density at radius 3 is 2.86 bits per heavy atom. The molecule has 0 atom stereocenters. The molecule has 1 heterocycles. The molecule has 1 amide bonds. The van der Waals surface area contributed by atoms with Gasteiger partial charge < -0.3 is 10.6 Å². The van der Waals surface area contributed by atoms with Crippen molar-refractivity contribution in [2.45, 2.75) is 13.5 Å². The van der Waals surface area contributed by atoms with Gasteiger partial charge in [-0.3, -0.25) is 9.78 Å². The predicted octanol–water partition coefficient (Wildman–Crippen LogP) is 0.226. The average Bonchev–Trinajstić information content (AvgIpc) is 2.17. The van der Waals surface area contributed by atoms with E-state index in [1.165, 1.54) is 0 Å². The molecule has 0 spiro atoms. The van der Waals surface area contributed by atoms with Gasteiger partial charge >= 0.3 is 0 Å². The van der Waals surface area contributed by atoms with Crippen molar-refractivity contribution in [3.05, 3.63) is 29.6 Å². The van der Waals surface area contributed by atoms with Crippen LogP contribution in [0, 0.1) is 6.92 Å². The van der Waals surface area contributed by atoms with Gasteiger partial charge in [-0.1, -0.05) is 6.07 Å². The monoisotopic (exact) mass is 193 g/mol. The molecule has 2 N–H and O–H groups in total. The van der Waals surface area contributed by atoms with Crippen molar-refractivity contribution in [1.82, 2.24) is 15.6 Å². The van der Waals surface area contributed by atoms with Gasteiger partial charge in [0.2, 0.25) is 5.91 Å². The fourth-order valence-corrected chi connectivity index (χ4v) is 1.03. The number of hydrogen-bond donors (Lipinski definition) is 2. The molecule has 1 rings (SSSR count). The molecule has 76 valence electrons. The van der Waals surface area contributed by atoms with Crippen molar-refractivity contribution in [2.24, 2.45) is 0 Å². The van der Waals surface area contributed by atoms with Crippen LogP contribution < -0.4 is 10.6 Å². The molecule has 4 heteroatoms. The van der Waals surface area contributed by atoms with Crippen molar-refractivity contribution >= 4 is 5.91 Å². The lowest BCUT2D eigenvalue weighted by Gasteiger charge is -2.04. The first-order valence-electron chi connectivity index (χ1n) is 4.55. The van der Waals surface area contributed by atoms with Crippen LogP contribution >= 0.6 is 0 Å². The molecule has 0 aliphatic rings. The molecule has 0 aliphatic carbocycles. The van der Waals surface area contributed by atoms with Gasteiger partial charge in [0.1, 0.15) is 0 Å². The number of rotatable bonds is 4. The smallest absolute Gasteiger partial charge is 0.234 e. The standard InChI is InChI=1S/C10H15N3O/c1-8-3-4-9(5-12-8)6-13-10(14)7-11-2/h3-5,11H,6-7H2,1-2H3,(H,13,14). The lowest BCUT2D eigenvalue weighted by atomic mass is 10.2. The van der Waals surface area contributed by atoms with E-state index >= 15 is 0 Å². The number of likely N-dealkylation sites (N-methyl/N-ethyl adjacent to an activating group) is 1. The molecule has 0 saturated carbocycles. The summed E-state index contributed by atoms with van der Waals surface area (Å²) in [5, 5.41) is 5.56. The van der Waals surface area contributed by atoms with Crippen LogP contribution in [-0.2, 0) is 11.3 Å². The van der Waals surface area contributed by atoms with Gasteiger partial charge in [-0.05, 0) is 25.6 Å². The second kappa shape index (κ2) is 5.34. The number of nitrogens with zero attached hydrogens (tertiary/aromatic N) is 1. The molecule has 0 fully saturated rings. The van der Waals surface area contributed by atoms with Crippen LogP contribution in [0.3, 0.4) is 0 Å². The number of carbonyl (C=O) groups is 1. The lowest BCUT2D eigenvalue weighted by molar-refractivity contribution is -0.120. The summed E-state index contributed by atoms with van der Waals surface area (Å²) in [5.41, 5.74) is 2.00. The second-order valence-corrected chi connectivity index (χ2v) is 3.11. The van der Waals surface area contributed by atoms with Gasteiger partial charge in [0, 0.05) is 18.4 Å². The Kier molecular flexibility index (Phi) is 4.07. The Balaban J connectivity index is 2.38. The second-order valence-electron chi connectivity index (χ2n) is 3.11. The van der Waals surface area contributed by atoms with Crippen LogP contribution in [0.2, 0.25) is 0 Å². The number of hydrogen-bond acceptors (Lipinski definition) is 3. The highest BCUT2D eigenvalue weighted by molar-refractivity contribution is 5.77. The maximum atomic E-state index is 11.1. The highest BCUT2D eigenvalue weighted by atomic mass is 16.1. The number of aryl methyl sites for hydroxylation is 1. The fraction of sp³-hybridized carbons (Fsp3) is 0.400. The van der Waals surface area contributed by atoms with Crippen molar-refractivity contribution < 1.29 is 4.79 Å². The molecule has 0 radical (unpaired) electrons. The third-order valence-electron chi connectivity index (χ3n) is 1.80. The third-order valence-corrected chi connectivity index (χ3v) is 1.80. The van der Waals surface area contributed by atoms with Crippen molar-refractivity contribution in [2.75, 3.05) is 13.6 Å². The zero-order valence-electron chi connectivity index (χ0n) is 8.50. The minimum atomic E-state index is -0.00641. The summed E-state index contributed by atoms with van der Waals surface area (Å²) >= 11 is 0. The quantitative estimate of drug-likeness (QED) is 0.719. The van der Waals surface area contributed by atoms with Gasteiger partial charge in [-0.2, -0.15) is 0 Å². The first kappa shape index (κ1) is 10.7. The summed E-state index contributed by atoms with van der Waals surface area (Å²) in [7, 11) is 1.74. The molecular weight excluding hydrogens is 178 g/mol. The van der Waals surface area contributed by atoms with E-state index in [0.717, 1.165) is 11.3 Å². The molecule has 0 unspecified atom stereocenters. The van der Waals surface area contributed by atoms with Gasteiger partial charge in [-0.15, -0.1) is 0 Å². The maximum absolute atomic E-state index is 11.1. The van der Waals surface area contributed by atoms with E-state index in [4.69, 9.17) is 0 Å². The van der Waals surface area contributed by atoms with Crippen molar-refractivity contribution in [3.8, 4) is 0 Å². The SMILES string of the molecule is CNCC(=O)NCc1ccc(C)nc1. The molecule has 0 saturated heterocycles. The molecule has 0 bridgehead atoms. The van der Waals surface area contributed by atoms with Gasteiger partial charge in [0.25, 0.3) is 0 Å². The molecule has 0 aromatic carbocycles. The fourth-order valence-electron chi connectivity index (χ4n) is 1.03. The number of pyridine rings is 1. The number of amides is 1. The Hall–Kier alpha value is -1.42. The van der Waals surface area contributed by atoms with Crippen LogP contribution in [0.4, 0.5) is 0 Å². The van der Waals surface area contributed by atoms with Crippen LogP contribution in [0.5, 0.6) is 0 Å². The Morgan fingerprint density at radius 1 is 1.50 bits per heavy atom. The average molecular weight is 193 g/mol. The third kappa shape index (κ3) is 3.53. The lowest BCUT2D eigenvalue weighted by Crippen LogP contribution is -2.31. The van der Waals surface area contributed by atoms with Crippen LogP contribution in [0.25, 0.3) is 0 Å². The minimum absolute atomic E-state index is 0.00641. The molecule has 1 aromatic heterocycles. The van der Waals surface area contributed by atoms with E-state index in [1.54, 1.807) is 13.2 Å². The molecular formula is C10H15N3O. The summed E-state index contributed by atoms with van der Waals surface area (Å²) < 4.78 is 0. The van der Waals surface area contributed by atoms with E-state index < -0.39 is 0 Å². The molecule has 0 aliphatic heterocycles. The normalized spacial score (nSPS) is 9.86. The summed E-state index contributed by atoms with van der Waals surface area (Å²) in [6, 6.07) is 3.89. The topological polar surface area (TPSA) is 54.0 Å². The summed E-state index contributed by atoms with van der Waals surface area (Å²) in [5.74, 6) is -0.00641. The maximum Gasteiger partial charge on any atom is 0.234 e. The van der Waals surface area contributed by atoms with E-state index in [9.17, 15) is 4.79 Å². The van der Waals surface area contributed by atoms with E-state index in [0.29, 0.717) is 13.1 Å². The van der Waals surface area contributed by atoms with Crippen molar-refractivity contribution in [1.29, 1.82) is 0 Å². The number of nitrogens with one attached hydrogen (secondary N) is 2.